The fourth-order valence-corrected chi connectivity index (χ4v) is 14.3. The van der Waals surface area contributed by atoms with E-state index >= 15 is 0 Å². The molecule has 0 saturated heterocycles. The maximum Gasteiger partial charge on any atom is 0.252 e. The van der Waals surface area contributed by atoms with Crippen molar-refractivity contribution < 1.29 is 0 Å². The third kappa shape index (κ3) is 6.32. The molecule has 2 unspecified atom stereocenters. The molecule has 13 rings (SSSR count). The molecule has 9 aromatic rings. The van der Waals surface area contributed by atoms with E-state index in [2.05, 4.69) is 241 Å². The lowest BCUT2D eigenvalue weighted by Gasteiger charge is -2.50. The zero-order chi connectivity index (χ0) is 48.1. The zero-order valence-electron chi connectivity index (χ0n) is 42.2. The fraction of sp³-hybridized carbons (Fsp3) is 0.262. The maximum absolute atomic E-state index is 2.77. The van der Waals surface area contributed by atoms with Gasteiger partial charge >= 0.3 is 0 Å². The van der Waals surface area contributed by atoms with Gasteiger partial charge < -0.3 is 14.7 Å². The number of thiophene rings is 1. The van der Waals surface area contributed by atoms with Crippen LogP contribution < -0.4 is 31.1 Å². The molecule has 0 spiro atoms. The minimum Gasteiger partial charge on any atom is -0.334 e. The summed E-state index contributed by atoms with van der Waals surface area (Å²) >= 11 is 1.89. The Balaban J connectivity index is 1.08. The number of anilines is 8. The van der Waals surface area contributed by atoms with Crippen molar-refractivity contribution in [1.82, 2.24) is 0 Å². The summed E-state index contributed by atoms with van der Waals surface area (Å²) < 4.78 is 2.65. The molecular weight excluding hydrogens is 866 g/mol. The van der Waals surface area contributed by atoms with Crippen molar-refractivity contribution in [3.8, 4) is 11.1 Å². The first kappa shape index (κ1) is 43.5. The van der Waals surface area contributed by atoms with Gasteiger partial charge in [0.05, 0.1) is 5.54 Å². The van der Waals surface area contributed by atoms with Gasteiger partial charge in [-0.2, -0.15) is 0 Å². The van der Waals surface area contributed by atoms with Gasteiger partial charge in [-0.15, -0.1) is 11.3 Å². The van der Waals surface area contributed by atoms with Crippen LogP contribution in [0.2, 0.25) is 0 Å². The van der Waals surface area contributed by atoms with E-state index in [-0.39, 0.29) is 28.5 Å². The molecule has 1 saturated carbocycles. The third-order valence-electron chi connectivity index (χ3n) is 17.1. The number of hydrogen-bond acceptors (Lipinski definition) is 4. The summed E-state index contributed by atoms with van der Waals surface area (Å²) in [6.45, 7) is 21.4. The van der Waals surface area contributed by atoms with E-state index in [9.17, 15) is 0 Å². The van der Waals surface area contributed by atoms with Gasteiger partial charge in [-0.05, 0) is 166 Å². The second-order valence-electron chi connectivity index (χ2n) is 23.4. The van der Waals surface area contributed by atoms with Crippen LogP contribution in [0.5, 0.6) is 0 Å². The second kappa shape index (κ2) is 15.2. The van der Waals surface area contributed by atoms with Crippen LogP contribution in [0.15, 0.2) is 164 Å². The maximum atomic E-state index is 2.77. The lowest BCUT2D eigenvalue weighted by atomic mass is 9.33. The van der Waals surface area contributed by atoms with Gasteiger partial charge in [0.25, 0.3) is 6.71 Å². The molecular formula is C65H62BN3S. The predicted molar refractivity (Wildman–Crippen MR) is 304 cm³/mol. The van der Waals surface area contributed by atoms with Crippen LogP contribution in [0.25, 0.3) is 31.3 Å². The predicted octanol–water partition coefficient (Wildman–Crippen LogP) is 16.4. The minimum absolute atomic E-state index is 0.00910. The van der Waals surface area contributed by atoms with Gasteiger partial charge in [0.1, 0.15) is 0 Å². The van der Waals surface area contributed by atoms with Crippen molar-refractivity contribution in [2.75, 3.05) is 14.7 Å². The van der Waals surface area contributed by atoms with Gasteiger partial charge in [-0.25, -0.2) is 0 Å². The summed E-state index contributed by atoms with van der Waals surface area (Å²) in [4.78, 5) is 7.99. The zero-order valence-corrected chi connectivity index (χ0v) is 43.1. The van der Waals surface area contributed by atoms with E-state index in [1.165, 1.54) is 135 Å². The molecule has 4 aliphatic rings. The number of nitrogens with zero attached hydrogens (tertiary/aromatic N) is 3. The fourth-order valence-electron chi connectivity index (χ4n) is 13.2. The van der Waals surface area contributed by atoms with E-state index in [0.29, 0.717) is 0 Å². The summed E-state index contributed by atoms with van der Waals surface area (Å²) in [5.41, 5.74) is 22.0. The van der Waals surface area contributed by atoms with Gasteiger partial charge in [0.15, 0.2) is 0 Å². The van der Waals surface area contributed by atoms with E-state index < -0.39 is 0 Å². The quantitative estimate of drug-likeness (QED) is 0.163. The van der Waals surface area contributed by atoms with Gasteiger partial charge in [0, 0.05) is 71.1 Å². The lowest BCUT2D eigenvalue weighted by molar-refractivity contribution is 0.195. The van der Waals surface area contributed by atoms with Crippen LogP contribution in [0.4, 0.5) is 45.5 Å². The smallest absolute Gasteiger partial charge is 0.252 e. The molecule has 5 heteroatoms. The largest absolute Gasteiger partial charge is 0.334 e. The van der Waals surface area contributed by atoms with E-state index in [4.69, 9.17) is 0 Å². The SMILES string of the molecule is Cc1cc2c3c(c1)N(c1ccc4sc5ccccc5c4c1)c1cc(N4c5ccc(-c6ccccc6)cc5C5(C)CCCCC45C)ccc1B3c1cc(C(C)(C)C)ccc1N2c1ccc(C(C)(C)C)cc1. The summed E-state index contributed by atoms with van der Waals surface area (Å²) in [5.74, 6) is 0. The summed E-state index contributed by atoms with van der Waals surface area (Å²) in [6.07, 6.45) is 4.80. The van der Waals surface area contributed by atoms with Crippen LogP contribution in [-0.2, 0) is 16.2 Å². The molecule has 0 amide bonds. The normalized spacial score (nSPS) is 19.3. The Morgan fingerprint density at radius 2 is 1.13 bits per heavy atom. The molecule has 0 N–H and O–H groups in total. The third-order valence-corrected chi connectivity index (χ3v) is 18.3. The van der Waals surface area contributed by atoms with Crippen molar-refractivity contribution in [2.24, 2.45) is 0 Å². The Kier molecular flexibility index (Phi) is 9.45. The van der Waals surface area contributed by atoms with Crippen LogP contribution >= 0.6 is 11.3 Å². The highest BCUT2D eigenvalue weighted by Gasteiger charge is 2.58. The molecule has 1 fully saturated rings. The molecule has 0 radical (unpaired) electrons. The lowest BCUT2D eigenvalue weighted by Crippen LogP contribution is -2.61. The standard InChI is InChI=1S/C65H62BN3S/c1-41-35-57-61-58(36-41)68(47-28-32-60-50(39-47)49-19-13-14-20-59(49)70-60)56-40-48(69-54-30-21-43(42-17-11-10-12-18-42)37-51(54)64(8)33-15-16-34-65(64,69)9)27-29-52(56)66(61)53-38-45(63(5,6)7)24-31-55(53)67(57)46-25-22-44(23-26-46)62(2,3)4/h10-14,17-32,35-40H,15-16,33-34H2,1-9H3. The highest BCUT2D eigenvalue weighted by Crippen LogP contribution is 2.62. The Hall–Kier alpha value is -6.56. The molecule has 4 heterocycles. The van der Waals surface area contributed by atoms with Crippen molar-refractivity contribution in [3.63, 3.8) is 0 Å². The van der Waals surface area contributed by atoms with Gasteiger partial charge in [-0.1, -0.05) is 146 Å². The highest BCUT2D eigenvalue weighted by molar-refractivity contribution is 7.25. The Bertz CT molecular complexity index is 3590. The summed E-state index contributed by atoms with van der Waals surface area (Å²) in [5, 5.41) is 2.63. The molecule has 1 aromatic heterocycles. The molecule has 2 atom stereocenters. The molecule has 346 valence electrons. The Morgan fingerprint density at radius 3 is 1.89 bits per heavy atom. The molecule has 70 heavy (non-hydrogen) atoms. The number of rotatable bonds is 4. The van der Waals surface area contributed by atoms with Crippen LogP contribution in [0, 0.1) is 6.92 Å². The first-order valence-corrected chi connectivity index (χ1v) is 26.5. The number of benzene rings is 8. The number of aryl methyl sites for hydroxylation is 1. The average Bonchev–Trinajstić information content (AvgIpc) is 3.82. The van der Waals surface area contributed by atoms with E-state index in [1.807, 2.05) is 11.3 Å². The molecule has 3 nitrogen and oxygen atoms in total. The van der Waals surface area contributed by atoms with Gasteiger partial charge in [-0.3, -0.25) is 0 Å². The van der Waals surface area contributed by atoms with Crippen molar-refractivity contribution in [2.45, 2.75) is 110 Å². The van der Waals surface area contributed by atoms with Crippen molar-refractivity contribution in [3.05, 3.63) is 186 Å². The van der Waals surface area contributed by atoms with Gasteiger partial charge in [0.2, 0.25) is 0 Å². The second-order valence-corrected chi connectivity index (χ2v) is 24.5. The van der Waals surface area contributed by atoms with Crippen molar-refractivity contribution in [1.29, 1.82) is 0 Å². The van der Waals surface area contributed by atoms with Crippen molar-refractivity contribution >= 4 is 100 Å². The van der Waals surface area contributed by atoms with Crippen LogP contribution in [-0.4, -0.2) is 12.3 Å². The number of hydrogen-bond donors (Lipinski definition) is 0. The highest BCUT2D eigenvalue weighted by atomic mass is 32.1. The molecule has 1 aliphatic carbocycles. The van der Waals surface area contributed by atoms with E-state index in [0.717, 1.165) is 6.42 Å². The number of fused-ring (bicyclic) bond motifs is 10. The summed E-state index contributed by atoms with van der Waals surface area (Å²) in [6, 6.07) is 63.7. The monoisotopic (exact) mass is 927 g/mol. The minimum atomic E-state index is -0.102. The molecule has 8 aromatic carbocycles. The topological polar surface area (TPSA) is 9.72 Å². The Morgan fingerprint density at radius 1 is 0.486 bits per heavy atom. The first-order chi connectivity index (χ1) is 33.6. The average molecular weight is 928 g/mol. The molecule has 0 bridgehead atoms. The van der Waals surface area contributed by atoms with Crippen LogP contribution in [0.1, 0.15) is 103 Å². The van der Waals surface area contributed by atoms with Crippen LogP contribution in [0.3, 0.4) is 0 Å². The van der Waals surface area contributed by atoms with E-state index in [1.54, 1.807) is 0 Å². The summed E-state index contributed by atoms with van der Waals surface area (Å²) in [7, 11) is 0. The Labute approximate surface area is 419 Å². The molecule has 3 aliphatic heterocycles. The first-order valence-electron chi connectivity index (χ1n) is 25.7.